The molecule has 4 aromatic rings. The van der Waals surface area contributed by atoms with Crippen molar-refractivity contribution < 1.29 is 18.3 Å². The zero-order valence-corrected chi connectivity index (χ0v) is 17.4. The molecule has 2 N–H and O–H groups in total. The van der Waals surface area contributed by atoms with Crippen LogP contribution in [-0.4, -0.2) is 57.3 Å². The van der Waals surface area contributed by atoms with Crippen LogP contribution in [0.5, 0.6) is 5.88 Å². The molecule has 0 atom stereocenters. The smallest absolute Gasteiger partial charge is 0.388 e. The van der Waals surface area contributed by atoms with Crippen LogP contribution < -0.4 is 20.3 Å². The van der Waals surface area contributed by atoms with Crippen LogP contribution in [0.3, 0.4) is 0 Å². The van der Waals surface area contributed by atoms with Gasteiger partial charge in [-0.2, -0.15) is 18.7 Å². The summed E-state index contributed by atoms with van der Waals surface area (Å²) in [5.41, 5.74) is 2.15. The lowest BCUT2D eigenvalue weighted by Gasteiger charge is -2.28. The van der Waals surface area contributed by atoms with Crippen molar-refractivity contribution in [1.29, 1.82) is 0 Å². The van der Waals surface area contributed by atoms with E-state index in [1.807, 2.05) is 35.0 Å². The number of ether oxygens (including phenoxy) is 2. The number of rotatable bonds is 7. The van der Waals surface area contributed by atoms with Gasteiger partial charge in [0, 0.05) is 55.6 Å². The topological polar surface area (TPSA) is 102 Å². The summed E-state index contributed by atoms with van der Waals surface area (Å²) in [5.74, 6) is 1.46. The molecule has 170 valence electrons. The molecule has 0 amide bonds. The Labute approximate surface area is 187 Å². The Kier molecular flexibility index (Phi) is 5.81. The Morgan fingerprint density at radius 1 is 0.970 bits per heavy atom. The largest absolute Gasteiger partial charge is 0.417 e. The SMILES string of the molecule is FC(F)Oc1ccc(Nc2nc(Nc3ccn4ccnc4c3)cc(N3CCOCC3)n2)cn1. The lowest BCUT2D eigenvalue weighted by atomic mass is 10.3. The van der Waals surface area contributed by atoms with Crippen LogP contribution in [0.25, 0.3) is 5.65 Å². The van der Waals surface area contributed by atoms with Crippen molar-refractivity contribution in [3.8, 4) is 5.88 Å². The first kappa shape index (κ1) is 20.8. The first-order valence-corrected chi connectivity index (χ1v) is 10.2. The molecule has 33 heavy (non-hydrogen) atoms. The van der Waals surface area contributed by atoms with Crippen molar-refractivity contribution in [2.24, 2.45) is 0 Å². The highest BCUT2D eigenvalue weighted by Gasteiger charge is 2.16. The summed E-state index contributed by atoms with van der Waals surface area (Å²) >= 11 is 0. The van der Waals surface area contributed by atoms with E-state index in [1.165, 1.54) is 12.3 Å². The third kappa shape index (κ3) is 5.06. The van der Waals surface area contributed by atoms with Crippen LogP contribution in [-0.2, 0) is 4.74 Å². The molecule has 0 spiro atoms. The van der Waals surface area contributed by atoms with E-state index in [4.69, 9.17) is 4.74 Å². The number of morpholine rings is 1. The summed E-state index contributed by atoms with van der Waals surface area (Å²) in [5, 5.41) is 6.37. The van der Waals surface area contributed by atoms with Gasteiger partial charge in [-0.1, -0.05) is 0 Å². The Bertz CT molecular complexity index is 1230. The second kappa shape index (κ2) is 9.20. The Balaban J connectivity index is 1.41. The van der Waals surface area contributed by atoms with Crippen LogP contribution in [0, 0.1) is 0 Å². The summed E-state index contributed by atoms with van der Waals surface area (Å²) in [7, 11) is 0. The lowest BCUT2D eigenvalue weighted by Crippen LogP contribution is -2.36. The van der Waals surface area contributed by atoms with Crippen LogP contribution in [0.4, 0.5) is 37.7 Å². The number of nitrogens with zero attached hydrogens (tertiary/aromatic N) is 6. The molecule has 12 heteroatoms. The van der Waals surface area contributed by atoms with Gasteiger partial charge in [0.1, 0.15) is 17.3 Å². The van der Waals surface area contributed by atoms with Crippen molar-refractivity contribution >= 4 is 34.6 Å². The number of hydrogen-bond donors (Lipinski definition) is 2. The monoisotopic (exact) mass is 454 g/mol. The zero-order chi connectivity index (χ0) is 22.6. The van der Waals surface area contributed by atoms with Gasteiger partial charge in [0.2, 0.25) is 11.8 Å². The van der Waals surface area contributed by atoms with E-state index in [9.17, 15) is 8.78 Å². The number of pyridine rings is 2. The summed E-state index contributed by atoms with van der Waals surface area (Å²) in [6, 6.07) is 8.61. The van der Waals surface area contributed by atoms with Crippen LogP contribution in [0.1, 0.15) is 0 Å². The molecule has 0 saturated carbocycles. The summed E-state index contributed by atoms with van der Waals surface area (Å²) in [4.78, 5) is 19.5. The normalized spacial score (nSPS) is 14.0. The second-order valence-electron chi connectivity index (χ2n) is 7.16. The summed E-state index contributed by atoms with van der Waals surface area (Å²) in [6.45, 7) is -0.294. The Hall–Kier alpha value is -4.06. The first-order chi connectivity index (χ1) is 16.1. The van der Waals surface area contributed by atoms with Gasteiger partial charge < -0.3 is 29.4 Å². The number of nitrogens with one attached hydrogen (secondary N) is 2. The minimum atomic E-state index is -2.93. The zero-order valence-electron chi connectivity index (χ0n) is 17.4. The van der Waals surface area contributed by atoms with Crippen LogP contribution in [0.15, 0.2) is 55.1 Å². The highest BCUT2D eigenvalue weighted by Crippen LogP contribution is 2.25. The van der Waals surface area contributed by atoms with Crippen LogP contribution in [0.2, 0.25) is 0 Å². The van der Waals surface area contributed by atoms with Gasteiger partial charge in [0.25, 0.3) is 0 Å². The maximum atomic E-state index is 12.4. The van der Waals surface area contributed by atoms with E-state index in [1.54, 1.807) is 12.3 Å². The number of anilines is 5. The molecule has 1 aliphatic heterocycles. The molecule has 4 aromatic heterocycles. The fourth-order valence-electron chi connectivity index (χ4n) is 3.39. The molecule has 1 saturated heterocycles. The Morgan fingerprint density at radius 2 is 1.85 bits per heavy atom. The van der Waals surface area contributed by atoms with Crippen molar-refractivity contribution in [2.45, 2.75) is 6.61 Å². The fourth-order valence-corrected chi connectivity index (χ4v) is 3.39. The number of halogens is 2. The van der Waals surface area contributed by atoms with Crippen molar-refractivity contribution in [3.63, 3.8) is 0 Å². The highest BCUT2D eigenvalue weighted by molar-refractivity contribution is 5.66. The third-order valence-corrected chi connectivity index (χ3v) is 4.92. The van der Waals surface area contributed by atoms with E-state index in [0.717, 1.165) is 17.2 Å². The molecule has 1 aliphatic rings. The number of aromatic nitrogens is 5. The molecule has 0 bridgehead atoms. The molecule has 5 heterocycles. The molecule has 1 fully saturated rings. The van der Waals surface area contributed by atoms with Gasteiger partial charge in [0.05, 0.1) is 25.1 Å². The van der Waals surface area contributed by atoms with Crippen LogP contribution >= 0.6 is 0 Å². The number of fused-ring (bicyclic) bond motifs is 1. The molecule has 5 rings (SSSR count). The maximum absolute atomic E-state index is 12.4. The van der Waals surface area contributed by atoms with Gasteiger partial charge >= 0.3 is 6.61 Å². The second-order valence-corrected chi connectivity index (χ2v) is 7.16. The predicted octanol–water partition coefficient (Wildman–Crippen LogP) is 3.44. The molecular weight excluding hydrogens is 434 g/mol. The van der Waals surface area contributed by atoms with Gasteiger partial charge in [-0.05, 0) is 12.1 Å². The fraction of sp³-hybridized carbons (Fsp3) is 0.238. The molecule has 0 radical (unpaired) electrons. The quantitative estimate of drug-likeness (QED) is 0.435. The van der Waals surface area contributed by atoms with E-state index >= 15 is 0 Å². The molecule has 0 aromatic carbocycles. The van der Waals surface area contributed by atoms with E-state index < -0.39 is 6.61 Å². The van der Waals surface area contributed by atoms with Gasteiger partial charge in [-0.3, -0.25) is 0 Å². The van der Waals surface area contributed by atoms with Crippen molar-refractivity contribution in [3.05, 3.63) is 55.1 Å². The van der Waals surface area contributed by atoms with Crippen molar-refractivity contribution in [2.75, 3.05) is 41.8 Å². The minimum absolute atomic E-state index is 0.171. The number of imidazole rings is 1. The summed E-state index contributed by atoms with van der Waals surface area (Å²) in [6.07, 6.45) is 6.88. The lowest BCUT2D eigenvalue weighted by molar-refractivity contribution is -0.0528. The molecule has 0 unspecified atom stereocenters. The van der Waals surface area contributed by atoms with Gasteiger partial charge in [-0.25, -0.2) is 9.97 Å². The number of alkyl halides is 2. The Morgan fingerprint density at radius 3 is 2.64 bits per heavy atom. The predicted molar refractivity (Wildman–Crippen MR) is 118 cm³/mol. The van der Waals surface area contributed by atoms with E-state index in [0.29, 0.717) is 43.8 Å². The maximum Gasteiger partial charge on any atom is 0.388 e. The average molecular weight is 454 g/mol. The van der Waals surface area contributed by atoms with Crippen molar-refractivity contribution in [1.82, 2.24) is 24.3 Å². The molecule has 0 aliphatic carbocycles. The van der Waals surface area contributed by atoms with E-state index in [-0.39, 0.29) is 5.88 Å². The molecular formula is C21H20F2N8O2. The highest BCUT2D eigenvalue weighted by atomic mass is 19.3. The minimum Gasteiger partial charge on any atom is -0.417 e. The summed E-state index contributed by atoms with van der Waals surface area (Å²) < 4.78 is 36.4. The molecule has 10 nitrogen and oxygen atoms in total. The average Bonchev–Trinajstić information content (AvgIpc) is 3.28. The first-order valence-electron chi connectivity index (χ1n) is 10.2. The number of hydrogen-bond acceptors (Lipinski definition) is 9. The standard InChI is InChI=1S/C21H20F2N8O2/c22-20(23)33-19-2-1-15(13-25-19)27-21-28-16(12-18(29-21)31-7-9-32-10-8-31)26-14-3-5-30-6-4-24-17(30)11-14/h1-6,11-13,20H,7-10H2,(H2,26,27,28,29). The van der Waals surface area contributed by atoms with E-state index in [2.05, 4.69) is 40.2 Å². The third-order valence-electron chi connectivity index (χ3n) is 4.92. The van der Waals surface area contributed by atoms with Gasteiger partial charge in [-0.15, -0.1) is 0 Å². The van der Waals surface area contributed by atoms with Gasteiger partial charge in [0.15, 0.2) is 0 Å².